The Labute approximate surface area is 149 Å². The summed E-state index contributed by atoms with van der Waals surface area (Å²) in [6.45, 7) is 2.27. The molecule has 2 aromatic carbocycles. The Kier molecular flexibility index (Phi) is 3.31. The number of hydrogen-bond donors (Lipinski definition) is 1. The first-order valence-corrected chi connectivity index (χ1v) is 9.71. The maximum atomic E-state index is 11.7. The summed E-state index contributed by atoms with van der Waals surface area (Å²) in [6.07, 6.45) is 5.54. The lowest BCUT2D eigenvalue weighted by Gasteiger charge is -2.40. The van der Waals surface area contributed by atoms with Crippen molar-refractivity contribution in [3.8, 4) is 11.1 Å². The molecule has 25 heavy (non-hydrogen) atoms. The summed E-state index contributed by atoms with van der Waals surface area (Å²) in [6, 6.07) is 13.3. The van der Waals surface area contributed by atoms with E-state index in [1.807, 2.05) is 0 Å². The highest BCUT2D eigenvalue weighted by atomic mass is 16.1. The van der Waals surface area contributed by atoms with Crippen molar-refractivity contribution in [2.45, 2.75) is 50.9 Å². The summed E-state index contributed by atoms with van der Waals surface area (Å²) >= 11 is 0. The van der Waals surface area contributed by atoms with Crippen LogP contribution in [0.4, 0.5) is 0 Å². The Morgan fingerprint density at radius 3 is 2.08 bits per heavy atom. The quantitative estimate of drug-likeness (QED) is 0.880. The summed E-state index contributed by atoms with van der Waals surface area (Å²) in [5.41, 5.74) is 14.1. The minimum absolute atomic E-state index is 0.221. The van der Waals surface area contributed by atoms with E-state index in [-0.39, 0.29) is 5.91 Å². The average molecular weight is 331 g/mol. The molecule has 0 aliphatic heterocycles. The molecule has 0 aromatic heterocycles. The van der Waals surface area contributed by atoms with Crippen LogP contribution < -0.4 is 5.73 Å². The molecule has 0 heterocycles. The van der Waals surface area contributed by atoms with Gasteiger partial charge in [-0.3, -0.25) is 4.79 Å². The number of fused-ring (bicyclic) bond motifs is 10. The van der Waals surface area contributed by atoms with E-state index in [0.29, 0.717) is 18.3 Å². The number of carbonyl (C=O) groups is 1. The van der Waals surface area contributed by atoms with Gasteiger partial charge in [-0.1, -0.05) is 43.3 Å². The Bertz CT molecular complexity index is 868. The SMILES string of the molecule is CCc1cccc2c1C1C3CCC(C3)C1c1c(CC(N)=O)cccc1-2. The van der Waals surface area contributed by atoms with Crippen molar-refractivity contribution >= 4 is 5.91 Å². The Balaban J connectivity index is 1.80. The Morgan fingerprint density at radius 2 is 1.52 bits per heavy atom. The fourth-order valence-electron chi connectivity index (χ4n) is 6.26. The average Bonchev–Trinajstić information content (AvgIpc) is 3.23. The third-order valence-electron chi connectivity index (χ3n) is 7.01. The van der Waals surface area contributed by atoms with E-state index in [2.05, 4.69) is 43.3 Å². The normalized spacial score (nSPS) is 28.4. The molecule has 2 nitrogen and oxygen atoms in total. The van der Waals surface area contributed by atoms with E-state index in [1.165, 1.54) is 47.1 Å². The molecule has 2 N–H and O–H groups in total. The zero-order chi connectivity index (χ0) is 17.1. The largest absolute Gasteiger partial charge is 0.369 e. The molecule has 5 rings (SSSR count). The maximum Gasteiger partial charge on any atom is 0.221 e. The van der Waals surface area contributed by atoms with E-state index >= 15 is 0 Å². The highest BCUT2D eigenvalue weighted by Crippen LogP contribution is 2.66. The van der Waals surface area contributed by atoms with Gasteiger partial charge < -0.3 is 5.73 Å². The van der Waals surface area contributed by atoms with Gasteiger partial charge in [-0.2, -0.15) is 0 Å². The molecule has 4 atom stereocenters. The van der Waals surface area contributed by atoms with Crippen molar-refractivity contribution in [3.05, 3.63) is 58.7 Å². The molecule has 1 amide bonds. The number of amides is 1. The number of primary amides is 1. The first-order chi connectivity index (χ1) is 12.2. The lowest BCUT2D eigenvalue weighted by atomic mass is 9.63. The molecule has 3 aliphatic rings. The van der Waals surface area contributed by atoms with E-state index in [0.717, 1.165) is 18.3 Å². The van der Waals surface area contributed by atoms with Crippen LogP contribution >= 0.6 is 0 Å². The molecule has 2 heteroatoms. The number of rotatable bonds is 3. The van der Waals surface area contributed by atoms with Gasteiger partial charge in [0.25, 0.3) is 0 Å². The minimum atomic E-state index is -0.221. The number of aryl methyl sites for hydroxylation is 1. The summed E-state index contributed by atoms with van der Waals surface area (Å²) in [7, 11) is 0. The molecule has 2 aromatic rings. The lowest BCUT2D eigenvalue weighted by molar-refractivity contribution is -0.117. The Hall–Kier alpha value is -2.09. The van der Waals surface area contributed by atoms with Gasteiger partial charge in [0.15, 0.2) is 0 Å². The van der Waals surface area contributed by atoms with Crippen LogP contribution in [-0.2, 0) is 17.6 Å². The fraction of sp³-hybridized carbons (Fsp3) is 0.435. The molecule has 2 bridgehead atoms. The van der Waals surface area contributed by atoms with Crippen LogP contribution in [0.1, 0.15) is 60.3 Å². The van der Waals surface area contributed by atoms with Crippen LogP contribution in [0.2, 0.25) is 0 Å². The molecule has 0 radical (unpaired) electrons. The number of benzene rings is 2. The van der Waals surface area contributed by atoms with Crippen molar-refractivity contribution in [2.24, 2.45) is 17.6 Å². The highest BCUT2D eigenvalue weighted by Gasteiger charge is 2.52. The lowest BCUT2D eigenvalue weighted by Crippen LogP contribution is -2.27. The second-order valence-electron chi connectivity index (χ2n) is 8.14. The standard InChI is InChI=1S/C23H25NO/c1-2-13-5-3-7-17-18-8-4-6-14(12-19(24)25)21(18)23-16-10-9-15(11-16)22(23)20(13)17/h3-8,15-16,22-23H,2,9-12H2,1H3,(H2,24,25). The van der Waals surface area contributed by atoms with E-state index in [9.17, 15) is 4.79 Å². The van der Waals surface area contributed by atoms with Crippen LogP contribution in [0, 0.1) is 11.8 Å². The fourth-order valence-corrected chi connectivity index (χ4v) is 6.26. The van der Waals surface area contributed by atoms with Gasteiger partial charge in [0.05, 0.1) is 6.42 Å². The highest BCUT2D eigenvalue weighted by molar-refractivity contribution is 5.82. The van der Waals surface area contributed by atoms with E-state index in [4.69, 9.17) is 5.73 Å². The zero-order valence-corrected chi connectivity index (χ0v) is 14.8. The van der Waals surface area contributed by atoms with E-state index in [1.54, 1.807) is 5.56 Å². The molecule has 0 spiro atoms. The van der Waals surface area contributed by atoms with E-state index < -0.39 is 0 Å². The van der Waals surface area contributed by atoms with Gasteiger partial charge in [0.1, 0.15) is 0 Å². The predicted molar refractivity (Wildman–Crippen MR) is 100 cm³/mol. The van der Waals surface area contributed by atoms with Crippen LogP contribution in [-0.4, -0.2) is 5.91 Å². The third kappa shape index (κ3) is 2.06. The molecule has 2 saturated carbocycles. The Morgan fingerprint density at radius 1 is 0.960 bits per heavy atom. The zero-order valence-electron chi connectivity index (χ0n) is 14.8. The van der Waals surface area contributed by atoms with Gasteiger partial charge in [0.2, 0.25) is 5.91 Å². The summed E-state index contributed by atoms with van der Waals surface area (Å²) < 4.78 is 0. The topological polar surface area (TPSA) is 43.1 Å². The van der Waals surface area contributed by atoms with Crippen LogP contribution in [0.15, 0.2) is 36.4 Å². The van der Waals surface area contributed by atoms with Gasteiger partial charge >= 0.3 is 0 Å². The van der Waals surface area contributed by atoms with Crippen LogP contribution in [0.5, 0.6) is 0 Å². The minimum Gasteiger partial charge on any atom is -0.369 e. The monoisotopic (exact) mass is 331 g/mol. The number of carbonyl (C=O) groups excluding carboxylic acids is 1. The van der Waals surface area contributed by atoms with Gasteiger partial charge in [-0.05, 0) is 82.7 Å². The summed E-state index contributed by atoms with van der Waals surface area (Å²) in [5, 5.41) is 0. The number of hydrogen-bond acceptors (Lipinski definition) is 1. The molecular formula is C23H25NO. The summed E-state index contributed by atoms with van der Waals surface area (Å²) in [4.78, 5) is 11.7. The third-order valence-corrected chi connectivity index (χ3v) is 7.01. The second kappa shape index (κ2) is 5.45. The molecular weight excluding hydrogens is 306 g/mol. The maximum absolute atomic E-state index is 11.7. The predicted octanol–water partition coefficient (Wildman–Crippen LogP) is 4.55. The van der Waals surface area contributed by atoms with Crippen molar-refractivity contribution < 1.29 is 4.79 Å². The molecule has 128 valence electrons. The van der Waals surface area contributed by atoms with Gasteiger partial charge in [0, 0.05) is 0 Å². The van der Waals surface area contributed by atoms with Gasteiger partial charge in [-0.15, -0.1) is 0 Å². The van der Waals surface area contributed by atoms with Gasteiger partial charge in [-0.25, -0.2) is 0 Å². The van der Waals surface area contributed by atoms with Crippen molar-refractivity contribution in [2.75, 3.05) is 0 Å². The van der Waals surface area contributed by atoms with Crippen LogP contribution in [0.3, 0.4) is 0 Å². The van der Waals surface area contributed by atoms with Crippen molar-refractivity contribution in [1.82, 2.24) is 0 Å². The molecule has 0 saturated heterocycles. The van der Waals surface area contributed by atoms with Crippen LogP contribution in [0.25, 0.3) is 11.1 Å². The smallest absolute Gasteiger partial charge is 0.221 e. The second-order valence-corrected chi connectivity index (χ2v) is 8.14. The van der Waals surface area contributed by atoms with Crippen molar-refractivity contribution in [3.63, 3.8) is 0 Å². The number of nitrogens with two attached hydrogens (primary N) is 1. The molecule has 2 fully saturated rings. The first kappa shape index (κ1) is 15.2. The summed E-state index contributed by atoms with van der Waals surface area (Å²) in [5.74, 6) is 2.61. The molecule has 4 unspecified atom stereocenters. The molecule has 3 aliphatic carbocycles. The first-order valence-electron chi connectivity index (χ1n) is 9.71. The van der Waals surface area contributed by atoms with Crippen molar-refractivity contribution in [1.29, 1.82) is 0 Å².